The van der Waals surface area contributed by atoms with Gasteiger partial charge in [0.05, 0.1) is 17.9 Å². The first-order valence-electron chi connectivity index (χ1n) is 14.7. The van der Waals surface area contributed by atoms with E-state index in [0.717, 1.165) is 83.5 Å². The lowest BCUT2D eigenvalue weighted by Crippen LogP contribution is -2.47. The van der Waals surface area contributed by atoms with Crippen LogP contribution in [0.15, 0.2) is 36.5 Å². The fourth-order valence-corrected chi connectivity index (χ4v) is 4.93. The Bertz CT molecular complexity index is 730. The molecule has 2 atom stereocenters. The Morgan fingerprint density at radius 3 is 1.92 bits per heavy atom. The molecule has 1 amide bonds. The molecule has 6 nitrogen and oxygen atoms in total. The van der Waals surface area contributed by atoms with Gasteiger partial charge in [0.2, 0.25) is 5.91 Å². The van der Waals surface area contributed by atoms with Gasteiger partial charge < -0.3 is 10.4 Å². The quantitative estimate of drug-likeness (QED) is 0.0632. The second-order valence-corrected chi connectivity index (χ2v) is 11.5. The van der Waals surface area contributed by atoms with Gasteiger partial charge in [-0.15, -0.1) is 0 Å². The summed E-state index contributed by atoms with van der Waals surface area (Å²) in [6, 6.07) is -0.971. The van der Waals surface area contributed by atoms with Crippen molar-refractivity contribution in [1.82, 2.24) is 5.32 Å². The molecule has 0 heterocycles. The zero-order valence-corrected chi connectivity index (χ0v) is 24.4. The van der Waals surface area contributed by atoms with E-state index in [1.165, 1.54) is 19.3 Å². The second-order valence-electron chi connectivity index (χ2n) is 10.0. The number of allylic oxidation sites excluding steroid dienone is 6. The molecule has 0 aliphatic rings. The first-order valence-corrected chi connectivity index (χ1v) is 16.3. The molecule has 0 rings (SSSR count). The Morgan fingerprint density at radius 2 is 1.30 bits per heavy atom. The van der Waals surface area contributed by atoms with E-state index in [1.54, 1.807) is 0 Å². The third-order valence-corrected chi connectivity index (χ3v) is 7.14. The summed E-state index contributed by atoms with van der Waals surface area (Å²) in [7, 11) is -4.29. The molecule has 0 aliphatic heterocycles. The molecule has 0 radical (unpaired) electrons. The summed E-state index contributed by atoms with van der Waals surface area (Å²) in [6.07, 6.45) is 29.9. The maximum atomic E-state index is 12.3. The van der Waals surface area contributed by atoms with Gasteiger partial charge in [0.15, 0.2) is 0 Å². The normalized spacial score (nSPS) is 14.2. The molecule has 0 aromatic rings. The van der Waals surface area contributed by atoms with E-state index in [4.69, 9.17) is 0 Å². The summed E-state index contributed by atoms with van der Waals surface area (Å²) in [5, 5.41) is 13.0. The molecule has 0 spiro atoms. The minimum Gasteiger partial charge on any atom is -0.391 e. The van der Waals surface area contributed by atoms with Crippen LogP contribution < -0.4 is 5.32 Å². The van der Waals surface area contributed by atoms with Gasteiger partial charge in [0.25, 0.3) is 10.1 Å². The largest absolute Gasteiger partial charge is 0.391 e. The highest BCUT2D eigenvalue weighted by Crippen LogP contribution is 2.13. The number of unbranched alkanes of at least 4 members (excludes halogenated alkanes) is 11. The topological polar surface area (TPSA) is 104 Å². The van der Waals surface area contributed by atoms with Crippen LogP contribution in [0.1, 0.15) is 129 Å². The minimum atomic E-state index is -4.29. The van der Waals surface area contributed by atoms with E-state index in [1.807, 2.05) is 0 Å². The number of amides is 1. The molecule has 0 saturated carbocycles. The van der Waals surface area contributed by atoms with E-state index in [-0.39, 0.29) is 5.91 Å². The molecule has 0 aromatic heterocycles. The van der Waals surface area contributed by atoms with Gasteiger partial charge in [0, 0.05) is 6.42 Å². The van der Waals surface area contributed by atoms with Crippen molar-refractivity contribution in [2.75, 3.05) is 5.75 Å². The van der Waals surface area contributed by atoms with Gasteiger partial charge in [-0.1, -0.05) is 115 Å². The molecule has 0 fully saturated rings. The van der Waals surface area contributed by atoms with Gasteiger partial charge in [0.1, 0.15) is 0 Å². The van der Waals surface area contributed by atoms with E-state index in [9.17, 15) is 22.9 Å². The van der Waals surface area contributed by atoms with Crippen molar-refractivity contribution in [1.29, 1.82) is 0 Å². The SMILES string of the molecule is CC/C=C\C/C=C\C/C=C\CCCCCCCCCC(=O)NC(CS(=O)(=O)O)C(O)CCCCCCC. The summed E-state index contributed by atoms with van der Waals surface area (Å²) in [5.41, 5.74) is 0. The van der Waals surface area contributed by atoms with Crippen LogP contribution in [-0.2, 0) is 14.9 Å². The fraction of sp³-hybridized carbons (Fsp3) is 0.767. The van der Waals surface area contributed by atoms with Crippen molar-refractivity contribution in [3.05, 3.63) is 36.5 Å². The predicted molar refractivity (Wildman–Crippen MR) is 156 cm³/mol. The highest BCUT2D eigenvalue weighted by Gasteiger charge is 2.25. The highest BCUT2D eigenvalue weighted by molar-refractivity contribution is 7.85. The third-order valence-electron chi connectivity index (χ3n) is 6.36. The summed E-state index contributed by atoms with van der Waals surface area (Å²) in [4.78, 5) is 12.3. The van der Waals surface area contributed by atoms with Crippen molar-refractivity contribution < 1.29 is 22.9 Å². The smallest absolute Gasteiger partial charge is 0.266 e. The van der Waals surface area contributed by atoms with Crippen LogP contribution in [0.4, 0.5) is 0 Å². The van der Waals surface area contributed by atoms with E-state index in [2.05, 4.69) is 55.6 Å². The standard InChI is InChI=1S/C30H55NO5S/c1-3-5-7-9-10-11-12-13-14-15-16-17-18-19-20-22-24-26-30(33)31-28(27-37(34,35)36)29(32)25-23-21-8-6-4-2/h5,7,10-11,13-14,28-29,32H,3-4,6,8-9,12,15-27H2,1-2H3,(H,31,33)(H,34,35,36)/b7-5-,11-10-,14-13-. The molecule has 0 aromatic carbocycles. The van der Waals surface area contributed by atoms with Crippen molar-refractivity contribution in [2.24, 2.45) is 0 Å². The average molecular weight is 542 g/mol. The lowest BCUT2D eigenvalue weighted by molar-refractivity contribution is -0.122. The Hall–Kier alpha value is -1.44. The lowest BCUT2D eigenvalue weighted by Gasteiger charge is -2.23. The van der Waals surface area contributed by atoms with Crippen LogP contribution in [0.2, 0.25) is 0 Å². The van der Waals surface area contributed by atoms with Crippen LogP contribution >= 0.6 is 0 Å². The fourth-order valence-electron chi connectivity index (χ4n) is 4.17. The van der Waals surface area contributed by atoms with E-state index < -0.39 is 28.0 Å². The van der Waals surface area contributed by atoms with Crippen LogP contribution in [0.5, 0.6) is 0 Å². The first kappa shape index (κ1) is 35.6. The van der Waals surface area contributed by atoms with Crippen LogP contribution in [0.3, 0.4) is 0 Å². The summed E-state index contributed by atoms with van der Waals surface area (Å²) >= 11 is 0. The van der Waals surface area contributed by atoms with E-state index >= 15 is 0 Å². The Kier molecular flexibility index (Phi) is 23.9. The Morgan fingerprint density at radius 1 is 0.757 bits per heavy atom. The second kappa shape index (κ2) is 24.9. The molecule has 2 unspecified atom stereocenters. The highest BCUT2D eigenvalue weighted by atomic mass is 32.2. The molecule has 7 heteroatoms. The number of nitrogens with one attached hydrogen (secondary N) is 1. The third kappa shape index (κ3) is 26.0. The number of hydrogen-bond donors (Lipinski definition) is 3. The maximum Gasteiger partial charge on any atom is 0.266 e. The average Bonchev–Trinajstić information content (AvgIpc) is 2.84. The monoisotopic (exact) mass is 541 g/mol. The zero-order chi connectivity index (χ0) is 27.6. The number of rotatable bonds is 25. The van der Waals surface area contributed by atoms with Crippen molar-refractivity contribution in [3.8, 4) is 0 Å². The van der Waals surface area contributed by atoms with Gasteiger partial charge >= 0.3 is 0 Å². The molecule has 216 valence electrons. The van der Waals surface area contributed by atoms with Crippen LogP contribution in [0.25, 0.3) is 0 Å². The van der Waals surface area contributed by atoms with Gasteiger partial charge in [-0.2, -0.15) is 8.42 Å². The number of carbonyl (C=O) groups excluding carboxylic acids is 1. The molecule has 37 heavy (non-hydrogen) atoms. The number of aliphatic hydroxyl groups is 1. The predicted octanol–water partition coefficient (Wildman–Crippen LogP) is 7.45. The van der Waals surface area contributed by atoms with E-state index in [0.29, 0.717) is 12.8 Å². The lowest BCUT2D eigenvalue weighted by atomic mass is 10.0. The van der Waals surface area contributed by atoms with Crippen molar-refractivity contribution in [3.63, 3.8) is 0 Å². The van der Waals surface area contributed by atoms with Gasteiger partial charge in [-0.05, 0) is 44.9 Å². The molecule has 0 aliphatic carbocycles. The van der Waals surface area contributed by atoms with Crippen LogP contribution in [0, 0.1) is 0 Å². The van der Waals surface area contributed by atoms with Gasteiger partial charge in [-0.25, -0.2) is 0 Å². The molecule has 3 N–H and O–H groups in total. The summed E-state index contributed by atoms with van der Waals surface area (Å²) < 4.78 is 31.9. The molecular formula is C30H55NO5S. The Labute approximate surface area is 227 Å². The summed E-state index contributed by atoms with van der Waals surface area (Å²) in [6.45, 7) is 4.27. The number of hydrogen-bond acceptors (Lipinski definition) is 4. The van der Waals surface area contributed by atoms with Crippen molar-refractivity contribution >= 4 is 16.0 Å². The first-order chi connectivity index (χ1) is 17.8. The van der Waals surface area contributed by atoms with Crippen LogP contribution in [-0.4, -0.2) is 41.9 Å². The van der Waals surface area contributed by atoms with Gasteiger partial charge in [-0.3, -0.25) is 9.35 Å². The minimum absolute atomic E-state index is 0.266. The maximum absolute atomic E-state index is 12.3. The number of aliphatic hydroxyl groups excluding tert-OH is 1. The molecule has 0 bridgehead atoms. The molecule has 0 saturated heterocycles. The zero-order valence-electron chi connectivity index (χ0n) is 23.6. The number of carbonyl (C=O) groups is 1. The molecular weight excluding hydrogens is 486 g/mol. The summed E-state index contributed by atoms with van der Waals surface area (Å²) in [5.74, 6) is -0.921. The van der Waals surface area contributed by atoms with Crippen molar-refractivity contribution in [2.45, 2.75) is 142 Å². The Balaban J connectivity index is 3.91.